The highest BCUT2D eigenvalue weighted by atomic mass is 32.2. The number of amides is 1. The van der Waals surface area contributed by atoms with Crippen molar-refractivity contribution in [2.75, 3.05) is 12.3 Å². The molecule has 2 atom stereocenters. The quantitative estimate of drug-likeness (QED) is 0.473. The number of hydrogen-bond donors (Lipinski definition) is 2. The van der Waals surface area contributed by atoms with Crippen molar-refractivity contribution in [1.29, 1.82) is 0 Å². The molecule has 2 aromatic heterocycles. The molecule has 9 heteroatoms. The van der Waals surface area contributed by atoms with Gasteiger partial charge in [-0.15, -0.1) is 11.3 Å². The number of carboxylic acids is 1. The third-order valence-corrected chi connectivity index (χ3v) is 6.40. The number of aromatic carboxylic acids is 1. The van der Waals surface area contributed by atoms with Gasteiger partial charge in [0.2, 0.25) is 5.91 Å². The molecule has 150 valence electrons. The molecule has 0 radical (unpaired) electrons. The molecule has 0 aliphatic carbocycles. The Morgan fingerprint density at radius 2 is 2.36 bits per heavy atom. The van der Waals surface area contributed by atoms with E-state index in [0.717, 1.165) is 17.9 Å². The van der Waals surface area contributed by atoms with E-state index >= 15 is 0 Å². The molecule has 7 nitrogen and oxygen atoms in total. The van der Waals surface area contributed by atoms with E-state index in [4.69, 9.17) is 9.52 Å². The van der Waals surface area contributed by atoms with Crippen LogP contribution in [0.3, 0.4) is 0 Å². The Balaban J connectivity index is 1.49. The summed E-state index contributed by atoms with van der Waals surface area (Å²) in [4.78, 5) is 28.9. The molecule has 1 amide bonds. The molecular weight excluding hydrogens is 400 g/mol. The van der Waals surface area contributed by atoms with Gasteiger partial charge in [0.1, 0.15) is 11.5 Å². The van der Waals surface area contributed by atoms with Crippen molar-refractivity contribution in [2.24, 2.45) is 0 Å². The topological polar surface area (TPSA) is 104 Å². The van der Waals surface area contributed by atoms with Crippen LogP contribution in [0, 0.1) is 6.92 Å². The number of aryl methyl sites for hydroxylation is 1. The van der Waals surface area contributed by atoms with E-state index < -0.39 is 12.1 Å². The summed E-state index contributed by atoms with van der Waals surface area (Å²) in [6, 6.07) is 3.68. The van der Waals surface area contributed by atoms with Crippen LogP contribution in [0.4, 0.5) is 0 Å². The first-order valence-electron chi connectivity index (χ1n) is 8.95. The molecule has 0 spiro atoms. The van der Waals surface area contributed by atoms with E-state index in [-0.39, 0.29) is 17.6 Å². The average Bonchev–Trinajstić information content (AvgIpc) is 3.35. The third-order valence-electron chi connectivity index (χ3n) is 4.40. The van der Waals surface area contributed by atoms with Crippen molar-refractivity contribution in [3.8, 4) is 0 Å². The van der Waals surface area contributed by atoms with E-state index in [9.17, 15) is 14.7 Å². The first-order valence-corrected chi connectivity index (χ1v) is 10.8. The zero-order valence-corrected chi connectivity index (χ0v) is 17.0. The number of hydrogen-bond acceptors (Lipinski definition) is 7. The fourth-order valence-corrected chi connectivity index (χ4v) is 4.83. The third kappa shape index (κ3) is 5.46. The van der Waals surface area contributed by atoms with Crippen LogP contribution in [0.5, 0.6) is 0 Å². The molecule has 0 aromatic carbocycles. The number of thioether (sulfide) groups is 1. The Hall–Kier alpha value is -2.10. The van der Waals surface area contributed by atoms with Gasteiger partial charge in [-0.25, -0.2) is 9.78 Å². The largest absolute Gasteiger partial charge is 0.476 e. The lowest BCUT2D eigenvalue weighted by Gasteiger charge is -2.22. The Morgan fingerprint density at radius 1 is 1.54 bits per heavy atom. The molecule has 1 fully saturated rings. The van der Waals surface area contributed by atoms with Gasteiger partial charge < -0.3 is 19.5 Å². The van der Waals surface area contributed by atoms with Gasteiger partial charge in [-0.1, -0.05) is 23.9 Å². The minimum absolute atomic E-state index is 0.0352. The zero-order valence-electron chi connectivity index (χ0n) is 15.4. The first-order chi connectivity index (χ1) is 13.4. The van der Waals surface area contributed by atoms with Crippen molar-refractivity contribution < 1.29 is 24.2 Å². The van der Waals surface area contributed by atoms with Gasteiger partial charge in [-0.2, -0.15) is 0 Å². The van der Waals surface area contributed by atoms with Crippen LogP contribution in [-0.2, 0) is 11.2 Å². The van der Waals surface area contributed by atoms with Gasteiger partial charge in [-0.3, -0.25) is 4.79 Å². The Bertz CT molecular complexity index is 860. The van der Waals surface area contributed by atoms with E-state index in [2.05, 4.69) is 4.98 Å². The molecule has 1 aliphatic rings. The summed E-state index contributed by atoms with van der Waals surface area (Å²) in [5, 5.41) is 20.6. The number of carboxylic acid groups (broad SMARTS) is 1. The summed E-state index contributed by atoms with van der Waals surface area (Å²) in [5.41, 5.74) is 0.0475. The lowest BCUT2D eigenvalue weighted by Crippen LogP contribution is -2.33. The molecule has 0 unspecified atom stereocenters. The number of aliphatic hydroxyl groups is 1. The van der Waals surface area contributed by atoms with Crippen molar-refractivity contribution >= 4 is 35.0 Å². The number of furan rings is 1. The smallest absolute Gasteiger partial charge is 0.355 e. The standard InChI is InChI=1S/C19H22N2O5S2/c1-12-2-6-15(26-12)10-14(22)5-3-13-4-7-17(23)21(13)8-9-27-19-20-16(11-28-19)18(24)25/h2-3,5-6,11,13-14,22H,4,7-10H2,1H3,(H,24,25)/t13-,14+/m0/s1. The van der Waals surface area contributed by atoms with Gasteiger partial charge in [0.25, 0.3) is 0 Å². The summed E-state index contributed by atoms with van der Waals surface area (Å²) in [6.07, 6.45) is 4.57. The maximum Gasteiger partial charge on any atom is 0.355 e. The molecule has 1 aliphatic heterocycles. The number of aromatic nitrogens is 1. The minimum atomic E-state index is -1.04. The number of rotatable bonds is 9. The summed E-state index contributed by atoms with van der Waals surface area (Å²) in [6.45, 7) is 2.41. The number of carbonyl (C=O) groups excluding carboxylic acids is 1. The normalized spacial score (nSPS) is 18.3. The zero-order chi connectivity index (χ0) is 20.1. The summed E-state index contributed by atoms with van der Waals surface area (Å²) >= 11 is 2.73. The van der Waals surface area contributed by atoms with Crippen LogP contribution >= 0.6 is 23.1 Å². The van der Waals surface area contributed by atoms with Crippen molar-refractivity contribution in [3.05, 3.63) is 46.9 Å². The predicted molar refractivity (Wildman–Crippen MR) is 107 cm³/mol. The second kappa shape index (κ2) is 9.40. The molecule has 1 saturated heterocycles. The van der Waals surface area contributed by atoms with Crippen molar-refractivity contribution in [2.45, 2.75) is 42.7 Å². The molecule has 0 saturated carbocycles. The van der Waals surface area contributed by atoms with E-state index in [1.807, 2.05) is 25.1 Å². The number of nitrogens with zero attached hydrogens (tertiary/aromatic N) is 2. The molecule has 3 rings (SSSR count). The van der Waals surface area contributed by atoms with E-state index in [1.54, 1.807) is 11.0 Å². The number of carbonyl (C=O) groups is 2. The highest BCUT2D eigenvalue weighted by Gasteiger charge is 2.28. The SMILES string of the molecule is Cc1ccc(C[C@H](O)C=C[C@H]2CCC(=O)N2CCSc2nc(C(=O)O)cs2)o1. The molecule has 3 heterocycles. The fraction of sp³-hybridized carbons (Fsp3) is 0.421. The molecule has 0 bridgehead atoms. The second-order valence-corrected chi connectivity index (χ2v) is 8.71. The summed E-state index contributed by atoms with van der Waals surface area (Å²) < 4.78 is 6.15. The van der Waals surface area contributed by atoms with Gasteiger partial charge in [0.15, 0.2) is 10.0 Å². The predicted octanol–water partition coefficient (Wildman–Crippen LogP) is 2.99. The lowest BCUT2D eigenvalue weighted by atomic mass is 10.1. The molecule has 28 heavy (non-hydrogen) atoms. The Labute approximate surface area is 171 Å². The first kappa shape index (κ1) is 20.6. The van der Waals surface area contributed by atoms with Crippen molar-refractivity contribution in [3.63, 3.8) is 0 Å². The Kier molecular flexibility index (Phi) is 6.93. The Morgan fingerprint density at radius 3 is 3.04 bits per heavy atom. The van der Waals surface area contributed by atoms with Crippen LogP contribution in [-0.4, -0.2) is 56.4 Å². The minimum Gasteiger partial charge on any atom is -0.476 e. The van der Waals surface area contributed by atoms with Crippen LogP contribution in [0.25, 0.3) is 0 Å². The van der Waals surface area contributed by atoms with Crippen molar-refractivity contribution in [1.82, 2.24) is 9.88 Å². The summed E-state index contributed by atoms with van der Waals surface area (Å²) in [5.74, 6) is 1.24. The highest BCUT2D eigenvalue weighted by molar-refractivity contribution is 8.01. The van der Waals surface area contributed by atoms with E-state index in [0.29, 0.717) is 29.5 Å². The molecular formula is C19H22N2O5S2. The average molecular weight is 423 g/mol. The van der Waals surface area contributed by atoms with Gasteiger partial charge in [-0.05, 0) is 25.5 Å². The monoisotopic (exact) mass is 422 g/mol. The van der Waals surface area contributed by atoms with Gasteiger partial charge in [0, 0.05) is 30.5 Å². The number of thiazole rings is 1. The maximum atomic E-state index is 12.2. The highest BCUT2D eigenvalue weighted by Crippen LogP contribution is 2.25. The van der Waals surface area contributed by atoms with Crippen LogP contribution in [0.15, 0.2) is 38.4 Å². The van der Waals surface area contributed by atoms with Crippen LogP contribution in [0.1, 0.15) is 34.9 Å². The van der Waals surface area contributed by atoms with Gasteiger partial charge >= 0.3 is 5.97 Å². The fourth-order valence-electron chi connectivity index (χ4n) is 3.03. The van der Waals surface area contributed by atoms with Gasteiger partial charge in [0.05, 0.1) is 12.1 Å². The maximum absolute atomic E-state index is 12.2. The van der Waals surface area contributed by atoms with Crippen LogP contribution < -0.4 is 0 Å². The summed E-state index contributed by atoms with van der Waals surface area (Å²) in [7, 11) is 0. The molecule has 2 N–H and O–H groups in total. The van der Waals surface area contributed by atoms with E-state index in [1.165, 1.54) is 28.5 Å². The molecule has 2 aromatic rings. The van der Waals surface area contributed by atoms with Crippen LogP contribution in [0.2, 0.25) is 0 Å². The lowest BCUT2D eigenvalue weighted by molar-refractivity contribution is -0.128. The second-order valence-electron chi connectivity index (χ2n) is 6.51. The number of aliphatic hydroxyl groups excluding tert-OH is 1. The number of likely N-dealkylation sites (tertiary alicyclic amines) is 1.